The Morgan fingerprint density at radius 2 is 1.73 bits per heavy atom. The minimum absolute atomic E-state index is 0.202. The molecule has 2 aliphatic rings. The standard InChI is InChI=1S/C14H27N/c1-10-6-7-14(15,9-10)13-5-4-11(2)12(3)8-13/h10-13H,4-9,15H2,1-3H3. The van der Waals surface area contributed by atoms with Gasteiger partial charge in [0.15, 0.2) is 0 Å². The fraction of sp³-hybridized carbons (Fsp3) is 1.00. The molecule has 1 nitrogen and oxygen atoms in total. The Morgan fingerprint density at radius 1 is 1.00 bits per heavy atom. The van der Waals surface area contributed by atoms with Gasteiger partial charge in [-0.2, -0.15) is 0 Å². The van der Waals surface area contributed by atoms with E-state index in [-0.39, 0.29) is 5.54 Å². The summed E-state index contributed by atoms with van der Waals surface area (Å²) in [6.07, 6.45) is 8.08. The molecule has 0 aromatic carbocycles. The van der Waals surface area contributed by atoms with Crippen molar-refractivity contribution in [3.8, 4) is 0 Å². The fourth-order valence-corrected chi connectivity index (χ4v) is 3.81. The van der Waals surface area contributed by atoms with Crippen molar-refractivity contribution in [3.63, 3.8) is 0 Å². The Bertz CT molecular complexity index is 225. The molecular weight excluding hydrogens is 182 g/mol. The van der Waals surface area contributed by atoms with Gasteiger partial charge in [0.2, 0.25) is 0 Å². The van der Waals surface area contributed by atoms with Gasteiger partial charge in [0.05, 0.1) is 0 Å². The molecule has 0 heterocycles. The van der Waals surface area contributed by atoms with E-state index in [1.807, 2.05) is 0 Å². The molecule has 0 spiro atoms. The quantitative estimate of drug-likeness (QED) is 0.702. The van der Waals surface area contributed by atoms with Crippen molar-refractivity contribution in [2.75, 3.05) is 0 Å². The summed E-state index contributed by atoms with van der Waals surface area (Å²) in [6.45, 7) is 7.18. The van der Waals surface area contributed by atoms with E-state index < -0.39 is 0 Å². The van der Waals surface area contributed by atoms with Crippen molar-refractivity contribution in [1.29, 1.82) is 0 Å². The average Bonchev–Trinajstić information content (AvgIpc) is 2.52. The first-order valence-corrected chi connectivity index (χ1v) is 6.80. The highest BCUT2D eigenvalue weighted by atomic mass is 14.8. The van der Waals surface area contributed by atoms with Gasteiger partial charge in [-0.1, -0.05) is 27.2 Å². The Labute approximate surface area is 94.8 Å². The van der Waals surface area contributed by atoms with Gasteiger partial charge in [-0.15, -0.1) is 0 Å². The second-order valence-electron chi connectivity index (χ2n) is 6.55. The van der Waals surface area contributed by atoms with Crippen molar-refractivity contribution < 1.29 is 0 Å². The van der Waals surface area contributed by atoms with Gasteiger partial charge < -0.3 is 5.73 Å². The van der Waals surface area contributed by atoms with Gasteiger partial charge in [-0.25, -0.2) is 0 Å². The number of nitrogens with two attached hydrogens (primary N) is 1. The lowest BCUT2D eigenvalue weighted by atomic mass is 9.67. The molecule has 88 valence electrons. The molecule has 0 saturated heterocycles. The second kappa shape index (κ2) is 4.08. The summed E-state index contributed by atoms with van der Waals surface area (Å²) < 4.78 is 0. The highest BCUT2D eigenvalue weighted by molar-refractivity contribution is 4.99. The van der Waals surface area contributed by atoms with E-state index in [1.54, 1.807) is 0 Å². The summed E-state index contributed by atoms with van der Waals surface area (Å²) in [7, 11) is 0. The lowest BCUT2D eigenvalue weighted by Gasteiger charge is -2.41. The van der Waals surface area contributed by atoms with Crippen LogP contribution in [0, 0.1) is 23.7 Å². The lowest BCUT2D eigenvalue weighted by Crippen LogP contribution is -2.47. The first kappa shape index (κ1) is 11.4. The third-order valence-corrected chi connectivity index (χ3v) is 5.24. The summed E-state index contributed by atoms with van der Waals surface area (Å²) in [5.74, 6) is 3.49. The topological polar surface area (TPSA) is 26.0 Å². The fourth-order valence-electron chi connectivity index (χ4n) is 3.81. The van der Waals surface area contributed by atoms with Crippen LogP contribution in [0.5, 0.6) is 0 Å². The molecule has 15 heavy (non-hydrogen) atoms. The van der Waals surface area contributed by atoms with E-state index in [1.165, 1.54) is 38.5 Å². The molecule has 0 amide bonds. The second-order valence-corrected chi connectivity index (χ2v) is 6.55. The largest absolute Gasteiger partial charge is 0.325 e. The summed E-state index contributed by atoms with van der Waals surface area (Å²) in [6, 6.07) is 0. The summed E-state index contributed by atoms with van der Waals surface area (Å²) in [5.41, 5.74) is 6.83. The summed E-state index contributed by atoms with van der Waals surface area (Å²) >= 11 is 0. The molecule has 0 aromatic rings. The molecule has 0 aliphatic heterocycles. The van der Waals surface area contributed by atoms with E-state index in [4.69, 9.17) is 5.73 Å². The number of rotatable bonds is 1. The van der Waals surface area contributed by atoms with Crippen molar-refractivity contribution in [2.45, 2.75) is 64.8 Å². The first-order chi connectivity index (χ1) is 7.01. The molecule has 5 unspecified atom stereocenters. The molecule has 0 aromatic heterocycles. The van der Waals surface area contributed by atoms with Crippen molar-refractivity contribution >= 4 is 0 Å². The Balaban J connectivity index is 1.99. The van der Waals surface area contributed by atoms with Crippen LogP contribution in [0.25, 0.3) is 0 Å². The molecule has 2 N–H and O–H groups in total. The minimum Gasteiger partial charge on any atom is -0.325 e. The molecule has 2 fully saturated rings. The maximum Gasteiger partial charge on any atom is 0.0185 e. The van der Waals surface area contributed by atoms with Crippen LogP contribution in [0.4, 0.5) is 0 Å². The van der Waals surface area contributed by atoms with E-state index in [2.05, 4.69) is 20.8 Å². The molecule has 0 bridgehead atoms. The minimum atomic E-state index is 0.202. The molecule has 5 atom stereocenters. The van der Waals surface area contributed by atoms with Crippen LogP contribution in [0.2, 0.25) is 0 Å². The summed E-state index contributed by atoms with van der Waals surface area (Å²) in [5, 5.41) is 0. The lowest BCUT2D eigenvalue weighted by molar-refractivity contribution is 0.133. The van der Waals surface area contributed by atoms with Crippen molar-refractivity contribution in [3.05, 3.63) is 0 Å². The molecule has 2 aliphatic carbocycles. The third-order valence-electron chi connectivity index (χ3n) is 5.24. The zero-order valence-corrected chi connectivity index (χ0v) is 10.6. The zero-order valence-electron chi connectivity index (χ0n) is 10.6. The molecule has 2 saturated carbocycles. The van der Waals surface area contributed by atoms with Crippen LogP contribution in [0.15, 0.2) is 0 Å². The number of hydrogen-bond acceptors (Lipinski definition) is 1. The number of hydrogen-bond donors (Lipinski definition) is 1. The van der Waals surface area contributed by atoms with Gasteiger partial charge in [-0.3, -0.25) is 0 Å². The Kier molecular flexibility index (Phi) is 3.12. The van der Waals surface area contributed by atoms with Crippen molar-refractivity contribution in [2.24, 2.45) is 29.4 Å². The highest BCUT2D eigenvalue weighted by Crippen LogP contribution is 2.45. The maximum atomic E-state index is 6.63. The van der Waals surface area contributed by atoms with Gasteiger partial charge in [0, 0.05) is 5.54 Å². The predicted molar refractivity (Wildman–Crippen MR) is 65.6 cm³/mol. The highest BCUT2D eigenvalue weighted by Gasteiger charge is 2.42. The van der Waals surface area contributed by atoms with Crippen LogP contribution in [-0.2, 0) is 0 Å². The van der Waals surface area contributed by atoms with Gasteiger partial charge in [0.1, 0.15) is 0 Å². The smallest absolute Gasteiger partial charge is 0.0185 e. The van der Waals surface area contributed by atoms with Gasteiger partial charge in [0.25, 0.3) is 0 Å². The SMILES string of the molecule is CC1CCC(N)(C2CCC(C)C(C)C2)C1. The van der Waals surface area contributed by atoms with E-state index >= 15 is 0 Å². The average molecular weight is 209 g/mol. The van der Waals surface area contributed by atoms with Gasteiger partial charge >= 0.3 is 0 Å². The molecular formula is C14H27N. The van der Waals surface area contributed by atoms with Crippen LogP contribution >= 0.6 is 0 Å². The Morgan fingerprint density at radius 3 is 2.27 bits per heavy atom. The van der Waals surface area contributed by atoms with Crippen LogP contribution in [0.3, 0.4) is 0 Å². The Hall–Kier alpha value is -0.0400. The van der Waals surface area contributed by atoms with Crippen LogP contribution in [-0.4, -0.2) is 5.54 Å². The van der Waals surface area contributed by atoms with Crippen LogP contribution in [0.1, 0.15) is 59.3 Å². The van der Waals surface area contributed by atoms with Crippen molar-refractivity contribution in [1.82, 2.24) is 0 Å². The zero-order chi connectivity index (χ0) is 11.1. The van der Waals surface area contributed by atoms with E-state index in [9.17, 15) is 0 Å². The van der Waals surface area contributed by atoms with Gasteiger partial charge in [-0.05, 0) is 55.8 Å². The molecule has 2 rings (SSSR count). The van der Waals surface area contributed by atoms with Crippen LogP contribution < -0.4 is 5.73 Å². The molecule has 0 radical (unpaired) electrons. The first-order valence-electron chi connectivity index (χ1n) is 6.80. The third kappa shape index (κ3) is 2.22. The normalized spacial score (nSPS) is 52.0. The maximum absolute atomic E-state index is 6.63. The van der Waals surface area contributed by atoms with E-state index in [0.29, 0.717) is 0 Å². The molecule has 1 heteroatoms. The summed E-state index contributed by atoms with van der Waals surface area (Å²) in [4.78, 5) is 0. The monoisotopic (exact) mass is 209 g/mol. The predicted octanol–water partition coefficient (Wildman–Crippen LogP) is 3.58. The van der Waals surface area contributed by atoms with E-state index in [0.717, 1.165) is 23.7 Å².